The third-order valence-electron chi connectivity index (χ3n) is 3.53. The van der Waals surface area contributed by atoms with Gasteiger partial charge < -0.3 is 10.6 Å². The molecule has 1 amide bonds. The Bertz CT molecular complexity index is 865. The monoisotopic (exact) mass is 339 g/mol. The topological polar surface area (TPSA) is 54.0 Å². The molecule has 25 heavy (non-hydrogen) atoms. The van der Waals surface area contributed by atoms with Gasteiger partial charge in [0, 0.05) is 17.8 Å². The van der Waals surface area contributed by atoms with Gasteiger partial charge in [0.25, 0.3) is 5.91 Å². The number of nitrogens with zero attached hydrogens (tertiary/aromatic N) is 1. The smallest absolute Gasteiger partial charge is 0.270 e. The number of hydrogen-bond donors (Lipinski definition) is 2. The molecule has 0 unspecified atom stereocenters. The van der Waals surface area contributed by atoms with Gasteiger partial charge in [0.1, 0.15) is 17.3 Å². The van der Waals surface area contributed by atoms with Crippen LogP contribution in [0.25, 0.3) is 0 Å². The number of benzene rings is 2. The summed E-state index contributed by atoms with van der Waals surface area (Å²) in [6.07, 6.45) is 1.50. The molecule has 1 aromatic heterocycles. The number of carbonyl (C=O) groups is 1. The van der Waals surface area contributed by atoms with Gasteiger partial charge in [0.05, 0.1) is 11.9 Å². The van der Waals surface area contributed by atoms with Crippen LogP contribution in [-0.2, 0) is 6.54 Å². The molecule has 2 N–H and O–H groups in total. The first-order valence-electron chi connectivity index (χ1n) is 7.62. The Kier molecular flexibility index (Phi) is 4.99. The summed E-state index contributed by atoms with van der Waals surface area (Å²) in [5.41, 5.74) is 2.00. The predicted octanol–water partition coefficient (Wildman–Crippen LogP) is 4.03. The number of aromatic nitrogens is 1. The van der Waals surface area contributed by atoms with Crippen LogP contribution in [0.1, 0.15) is 16.1 Å². The van der Waals surface area contributed by atoms with E-state index in [-0.39, 0.29) is 23.9 Å². The van der Waals surface area contributed by atoms with Crippen molar-refractivity contribution in [2.24, 2.45) is 0 Å². The fourth-order valence-corrected chi connectivity index (χ4v) is 2.21. The molecule has 0 atom stereocenters. The highest BCUT2D eigenvalue weighted by Gasteiger charge is 2.08. The molecule has 0 aliphatic rings. The maximum absolute atomic E-state index is 13.5. The van der Waals surface area contributed by atoms with Crippen LogP contribution in [0.2, 0.25) is 0 Å². The van der Waals surface area contributed by atoms with Crippen molar-refractivity contribution in [3.63, 3.8) is 0 Å². The maximum Gasteiger partial charge on any atom is 0.270 e. The highest BCUT2D eigenvalue weighted by Crippen LogP contribution is 2.16. The van der Waals surface area contributed by atoms with E-state index in [1.807, 2.05) is 0 Å². The van der Waals surface area contributed by atoms with E-state index in [4.69, 9.17) is 0 Å². The summed E-state index contributed by atoms with van der Waals surface area (Å²) in [6.45, 7) is 0.0861. The lowest BCUT2D eigenvalue weighted by molar-refractivity contribution is 0.0945. The van der Waals surface area contributed by atoms with Crippen LogP contribution in [0.4, 0.5) is 20.2 Å². The highest BCUT2D eigenvalue weighted by molar-refractivity contribution is 5.92. The molecule has 0 aliphatic heterocycles. The summed E-state index contributed by atoms with van der Waals surface area (Å²) in [4.78, 5) is 16.2. The van der Waals surface area contributed by atoms with Crippen molar-refractivity contribution >= 4 is 17.3 Å². The van der Waals surface area contributed by atoms with Crippen LogP contribution in [0.15, 0.2) is 66.9 Å². The summed E-state index contributed by atoms with van der Waals surface area (Å²) in [6, 6.07) is 15.4. The molecule has 0 aliphatic carbocycles. The van der Waals surface area contributed by atoms with Gasteiger partial charge >= 0.3 is 0 Å². The first-order chi connectivity index (χ1) is 12.1. The molecule has 1 heterocycles. The van der Waals surface area contributed by atoms with E-state index in [0.717, 1.165) is 0 Å². The van der Waals surface area contributed by atoms with Gasteiger partial charge in [0.15, 0.2) is 0 Å². The number of pyridine rings is 1. The number of amides is 1. The van der Waals surface area contributed by atoms with E-state index in [0.29, 0.717) is 16.9 Å². The normalized spacial score (nSPS) is 10.3. The first kappa shape index (κ1) is 16.6. The SMILES string of the molecule is O=C(NCc1ccccc1F)c1ccc(Nc2ccc(F)cc2)cn1. The van der Waals surface area contributed by atoms with Crippen molar-refractivity contribution in [3.05, 3.63) is 89.8 Å². The quantitative estimate of drug-likeness (QED) is 0.738. The zero-order valence-corrected chi connectivity index (χ0v) is 13.2. The lowest BCUT2D eigenvalue weighted by Crippen LogP contribution is -2.24. The van der Waals surface area contributed by atoms with Crippen LogP contribution in [0.3, 0.4) is 0 Å². The molecule has 126 valence electrons. The third kappa shape index (κ3) is 4.38. The van der Waals surface area contributed by atoms with Gasteiger partial charge in [-0.1, -0.05) is 18.2 Å². The van der Waals surface area contributed by atoms with Crippen molar-refractivity contribution in [3.8, 4) is 0 Å². The fourth-order valence-electron chi connectivity index (χ4n) is 2.21. The van der Waals surface area contributed by atoms with Crippen molar-refractivity contribution in [2.45, 2.75) is 6.54 Å². The molecular formula is C19H15F2N3O. The van der Waals surface area contributed by atoms with E-state index in [1.165, 1.54) is 24.4 Å². The molecular weight excluding hydrogens is 324 g/mol. The first-order valence-corrected chi connectivity index (χ1v) is 7.62. The van der Waals surface area contributed by atoms with Gasteiger partial charge in [-0.25, -0.2) is 13.8 Å². The molecule has 0 radical (unpaired) electrons. The third-order valence-corrected chi connectivity index (χ3v) is 3.53. The van der Waals surface area contributed by atoms with Gasteiger partial charge in [-0.2, -0.15) is 0 Å². The van der Waals surface area contributed by atoms with Crippen molar-refractivity contribution < 1.29 is 13.6 Å². The Hall–Kier alpha value is -3.28. The summed E-state index contributed by atoms with van der Waals surface area (Å²) in [5.74, 6) is -1.07. The summed E-state index contributed by atoms with van der Waals surface area (Å²) in [7, 11) is 0. The Balaban J connectivity index is 1.60. The van der Waals surface area contributed by atoms with Crippen LogP contribution in [0, 0.1) is 11.6 Å². The highest BCUT2D eigenvalue weighted by atomic mass is 19.1. The minimum atomic E-state index is -0.392. The van der Waals surface area contributed by atoms with Gasteiger partial charge in [-0.05, 0) is 42.5 Å². The number of rotatable bonds is 5. The number of carbonyl (C=O) groups excluding carboxylic acids is 1. The molecule has 3 rings (SSSR count). The molecule has 4 nitrogen and oxygen atoms in total. The lowest BCUT2D eigenvalue weighted by atomic mass is 10.2. The Morgan fingerprint density at radius 3 is 2.32 bits per heavy atom. The van der Waals surface area contributed by atoms with E-state index in [2.05, 4.69) is 15.6 Å². The lowest BCUT2D eigenvalue weighted by Gasteiger charge is -2.08. The minimum Gasteiger partial charge on any atom is -0.354 e. The Morgan fingerprint density at radius 1 is 0.920 bits per heavy atom. The van der Waals surface area contributed by atoms with E-state index in [9.17, 15) is 13.6 Å². The second kappa shape index (κ2) is 7.53. The molecule has 0 saturated heterocycles. The van der Waals surface area contributed by atoms with Gasteiger partial charge in [-0.3, -0.25) is 4.79 Å². The molecule has 3 aromatic rings. The van der Waals surface area contributed by atoms with E-state index >= 15 is 0 Å². The number of halogens is 2. The van der Waals surface area contributed by atoms with Crippen LogP contribution >= 0.6 is 0 Å². The fraction of sp³-hybridized carbons (Fsp3) is 0.0526. The number of nitrogens with one attached hydrogen (secondary N) is 2. The number of hydrogen-bond acceptors (Lipinski definition) is 3. The minimum absolute atomic E-state index is 0.0861. The van der Waals surface area contributed by atoms with Crippen molar-refractivity contribution in [1.82, 2.24) is 10.3 Å². The average molecular weight is 339 g/mol. The van der Waals surface area contributed by atoms with Crippen molar-refractivity contribution in [2.75, 3.05) is 5.32 Å². The molecule has 0 spiro atoms. The Labute approximate surface area is 143 Å². The van der Waals surface area contributed by atoms with Crippen LogP contribution in [-0.4, -0.2) is 10.9 Å². The van der Waals surface area contributed by atoms with Crippen molar-refractivity contribution in [1.29, 1.82) is 0 Å². The molecule has 0 bridgehead atoms. The molecule has 2 aromatic carbocycles. The predicted molar refractivity (Wildman–Crippen MR) is 91.5 cm³/mol. The summed E-state index contributed by atoms with van der Waals surface area (Å²) in [5, 5.41) is 5.68. The Morgan fingerprint density at radius 2 is 1.64 bits per heavy atom. The summed E-state index contributed by atoms with van der Waals surface area (Å²) >= 11 is 0. The van der Waals surface area contributed by atoms with E-state index < -0.39 is 5.91 Å². The zero-order chi connectivity index (χ0) is 17.6. The molecule has 0 fully saturated rings. The number of anilines is 2. The molecule has 0 saturated carbocycles. The largest absolute Gasteiger partial charge is 0.354 e. The average Bonchev–Trinajstić information content (AvgIpc) is 2.63. The van der Waals surface area contributed by atoms with E-state index in [1.54, 1.807) is 42.5 Å². The van der Waals surface area contributed by atoms with Gasteiger partial charge in [0.2, 0.25) is 0 Å². The van der Waals surface area contributed by atoms with Crippen LogP contribution < -0.4 is 10.6 Å². The summed E-state index contributed by atoms with van der Waals surface area (Å²) < 4.78 is 26.4. The van der Waals surface area contributed by atoms with Gasteiger partial charge in [-0.15, -0.1) is 0 Å². The maximum atomic E-state index is 13.5. The molecule has 6 heteroatoms. The standard InChI is InChI=1S/C19H15F2N3O/c20-14-5-7-15(8-6-14)24-16-9-10-18(22-12-16)19(25)23-11-13-3-1-2-4-17(13)21/h1-10,12,24H,11H2,(H,23,25). The zero-order valence-electron chi connectivity index (χ0n) is 13.2. The second-order valence-electron chi connectivity index (χ2n) is 5.34. The second-order valence-corrected chi connectivity index (χ2v) is 5.34. The van der Waals surface area contributed by atoms with Crippen LogP contribution in [0.5, 0.6) is 0 Å².